The Labute approximate surface area is 89.2 Å². The maximum absolute atomic E-state index is 10.8. The van der Waals surface area contributed by atoms with Crippen LogP contribution >= 0.6 is 0 Å². The molecule has 1 saturated carbocycles. The molecule has 1 aromatic carbocycles. The van der Waals surface area contributed by atoms with Crippen molar-refractivity contribution >= 4 is 10.1 Å². The molecule has 0 saturated heterocycles. The fourth-order valence-corrected chi connectivity index (χ4v) is 1.90. The van der Waals surface area contributed by atoms with Gasteiger partial charge in [0, 0.05) is 5.54 Å². The third-order valence-corrected chi connectivity index (χ3v) is 2.96. The minimum atomic E-state index is -3.44. The van der Waals surface area contributed by atoms with E-state index in [1.807, 2.05) is 12.1 Å². The Morgan fingerprint density at radius 1 is 1.27 bits per heavy atom. The van der Waals surface area contributed by atoms with Crippen LogP contribution in [0, 0.1) is 0 Å². The molecular formula is C10H13NO3S. The van der Waals surface area contributed by atoms with Crippen LogP contribution in [0.3, 0.4) is 0 Å². The van der Waals surface area contributed by atoms with Gasteiger partial charge in [0.25, 0.3) is 0 Å². The summed E-state index contributed by atoms with van der Waals surface area (Å²) in [4.78, 5) is 0. The van der Waals surface area contributed by atoms with Gasteiger partial charge < -0.3 is 9.92 Å². The van der Waals surface area contributed by atoms with E-state index >= 15 is 0 Å². The van der Waals surface area contributed by atoms with Crippen molar-refractivity contribution in [1.29, 1.82) is 0 Å². The van der Waals surface area contributed by atoms with Crippen LogP contribution in [0.25, 0.3) is 0 Å². The van der Waals surface area contributed by atoms with E-state index < -0.39 is 10.1 Å². The van der Waals surface area contributed by atoms with Crippen LogP contribution in [-0.2, 0) is 15.7 Å². The van der Waals surface area contributed by atoms with Gasteiger partial charge in [-0.1, -0.05) is 12.1 Å². The molecule has 0 unspecified atom stereocenters. The highest BCUT2D eigenvalue weighted by Gasteiger charge is 2.39. The van der Waals surface area contributed by atoms with Crippen LogP contribution in [0.2, 0.25) is 0 Å². The molecule has 1 aliphatic carbocycles. The van der Waals surface area contributed by atoms with Gasteiger partial charge >= 0.3 is 10.1 Å². The van der Waals surface area contributed by atoms with Gasteiger partial charge in [0.15, 0.2) is 0 Å². The van der Waals surface area contributed by atoms with Crippen LogP contribution in [0.4, 0.5) is 0 Å². The normalized spacial score (nSPS) is 18.5. The van der Waals surface area contributed by atoms with E-state index in [-0.39, 0.29) is 5.54 Å². The second-order valence-electron chi connectivity index (χ2n) is 3.97. The summed E-state index contributed by atoms with van der Waals surface area (Å²) in [5.74, 6) is 0.325. The molecule has 1 aromatic rings. The highest BCUT2D eigenvalue weighted by Crippen LogP contribution is 2.42. The lowest BCUT2D eigenvalue weighted by Crippen LogP contribution is -2.18. The Balaban J connectivity index is 2.18. The molecule has 2 rings (SSSR count). The molecule has 2 N–H and O–H groups in total. The van der Waals surface area contributed by atoms with Crippen molar-refractivity contribution in [1.82, 2.24) is 0 Å². The summed E-state index contributed by atoms with van der Waals surface area (Å²) in [6.07, 6.45) is 2.99. The maximum Gasteiger partial charge on any atom is 0.306 e. The van der Waals surface area contributed by atoms with Crippen LogP contribution in [0.1, 0.15) is 18.4 Å². The molecule has 4 nitrogen and oxygen atoms in total. The van der Waals surface area contributed by atoms with E-state index in [1.54, 1.807) is 12.1 Å². The summed E-state index contributed by atoms with van der Waals surface area (Å²) in [6.45, 7) is 0. The van der Waals surface area contributed by atoms with E-state index in [2.05, 4.69) is 0 Å². The molecule has 0 heterocycles. The highest BCUT2D eigenvalue weighted by molar-refractivity contribution is 7.86. The summed E-state index contributed by atoms with van der Waals surface area (Å²) in [5, 5.41) is 0. The first-order valence-electron chi connectivity index (χ1n) is 4.68. The largest absolute Gasteiger partial charge is 0.383 e. The molecule has 0 aromatic heterocycles. The molecule has 82 valence electrons. The van der Waals surface area contributed by atoms with Crippen molar-refractivity contribution < 1.29 is 12.6 Å². The molecule has 1 aliphatic rings. The Bertz CT molecular complexity index is 460. The molecule has 0 bridgehead atoms. The van der Waals surface area contributed by atoms with Crippen LogP contribution in [-0.4, -0.2) is 14.7 Å². The Hall–Kier alpha value is -1.07. The van der Waals surface area contributed by atoms with Crippen molar-refractivity contribution in [2.75, 3.05) is 6.26 Å². The molecular weight excluding hydrogens is 214 g/mol. The van der Waals surface area contributed by atoms with E-state index in [0.29, 0.717) is 5.75 Å². The Kier molecular flexibility index (Phi) is 2.24. The molecule has 1 fully saturated rings. The average molecular weight is 227 g/mol. The average Bonchev–Trinajstić information content (AvgIpc) is 2.83. The Morgan fingerprint density at radius 3 is 2.20 bits per heavy atom. The minimum Gasteiger partial charge on any atom is -0.383 e. The first kappa shape index (κ1) is 10.4. The second kappa shape index (κ2) is 3.21. The van der Waals surface area contributed by atoms with Crippen molar-refractivity contribution in [3.8, 4) is 5.75 Å². The van der Waals surface area contributed by atoms with E-state index in [0.717, 1.165) is 24.7 Å². The fraction of sp³-hybridized carbons (Fsp3) is 0.400. The summed E-state index contributed by atoms with van der Waals surface area (Å²) >= 11 is 0. The first-order valence-corrected chi connectivity index (χ1v) is 6.50. The molecule has 0 radical (unpaired) electrons. The summed E-state index contributed by atoms with van der Waals surface area (Å²) in [5.41, 5.74) is 6.83. The van der Waals surface area contributed by atoms with Crippen molar-refractivity contribution in [3.05, 3.63) is 29.8 Å². The molecule has 0 aliphatic heterocycles. The summed E-state index contributed by atoms with van der Waals surface area (Å²) in [7, 11) is -3.44. The van der Waals surface area contributed by atoms with Gasteiger partial charge in [-0.2, -0.15) is 8.42 Å². The molecule has 15 heavy (non-hydrogen) atoms. The lowest BCUT2D eigenvalue weighted by Gasteiger charge is -2.09. The predicted octanol–water partition coefficient (Wildman–Crippen LogP) is 0.973. The minimum absolute atomic E-state index is 0.191. The van der Waals surface area contributed by atoms with Crippen molar-refractivity contribution in [2.45, 2.75) is 18.4 Å². The van der Waals surface area contributed by atoms with Gasteiger partial charge in [-0.3, -0.25) is 0 Å². The smallest absolute Gasteiger partial charge is 0.306 e. The monoisotopic (exact) mass is 227 g/mol. The maximum atomic E-state index is 10.8. The molecule has 5 heteroatoms. The zero-order valence-electron chi connectivity index (χ0n) is 8.43. The van der Waals surface area contributed by atoms with Gasteiger partial charge in [-0.05, 0) is 30.5 Å². The number of hydrogen-bond donors (Lipinski definition) is 1. The van der Waals surface area contributed by atoms with Gasteiger partial charge in [0.1, 0.15) is 5.75 Å². The molecule has 0 spiro atoms. The van der Waals surface area contributed by atoms with E-state index in [4.69, 9.17) is 9.92 Å². The number of hydrogen-bond acceptors (Lipinski definition) is 4. The summed E-state index contributed by atoms with van der Waals surface area (Å²) in [6, 6.07) is 6.88. The van der Waals surface area contributed by atoms with Gasteiger partial charge in [-0.25, -0.2) is 0 Å². The SMILES string of the molecule is CS(=O)(=O)Oc1ccc(C2(N)CC2)cc1. The fourth-order valence-electron chi connectivity index (χ4n) is 1.44. The summed E-state index contributed by atoms with van der Waals surface area (Å²) < 4.78 is 26.4. The topological polar surface area (TPSA) is 69.4 Å². The third-order valence-electron chi connectivity index (χ3n) is 2.47. The molecule has 0 amide bonds. The first-order chi connectivity index (χ1) is 6.89. The lowest BCUT2D eigenvalue weighted by molar-refractivity contribution is 0.493. The van der Waals surface area contributed by atoms with Crippen LogP contribution < -0.4 is 9.92 Å². The Morgan fingerprint density at radius 2 is 1.80 bits per heavy atom. The van der Waals surface area contributed by atoms with Gasteiger partial charge in [0.2, 0.25) is 0 Å². The van der Waals surface area contributed by atoms with Crippen molar-refractivity contribution in [2.24, 2.45) is 5.73 Å². The zero-order chi connectivity index (χ0) is 11.1. The zero-order valence-corrected chi connectivity index (χ0v) is 9.25. The lowest BCUT2D eigenvalue weighted by atomic mass is 10.1. The molecule has 0 atom stereocenters. The third kappa shape index (κ3) is 2.49. The number of rotatable bonds is 3. The number of nitrogens with two attached hydrogens (primary N) is 1. The van der Waals surface area contributed by atoms with Crippen molar-refractivity contribution in [3.63, 3.8) is 0 Å². The number of benzene rings is 1. The predicted molar refractivity (Wildman–Crippen MR) is 57.0 cm³/mol. The van der Waals surface area contributed by atoms with E-state index in [9.17, 15) is 8.42 Å². The van der Waals surface area contributed by atoms with Gasteiger partial charge in [-0.15, -0.1) is 0 Å². The van der Waals surface area contributed by atoms with Crippen LogP contribution in [0.15, 0.2) is 24.3 Å². The standard InChI is InChI=1S/C10H13NO3S/c1-15(12,13)14-9-4-2-8(3-5-9)10(11)6-7-10/h2-5H,6-7,11H2,1H3. The van der Waals surface area contributed by atoms with Crippen LogP contribution in [0.5, 0.6) is 5.75 Å². The quantitative estimate of drug-likeness (QED) is 0.781. The van der Waals surface area contributed by atoms with E-state index in [1.165, 1.54) is 0 Å². The highest BCUT2D eigenvalue weighted by atomic mass is 32.2. The van der Waals surface area contributed by atoms with Gasteiger partial charge in [0.05, 0.1) is 6.26 Å². The second-order valence-corrected chi connectivity index (χ2v) is 5.54.